The second kappa shape index (κ2) is 6.15. The molecular formula is C19H21N3O2. The molecule has 1 aliphatic heterocycles. The molecule has 0 fully saturated rings. The maximum atomic E-state index is 12.6. The Bertz CT molecular complexity index is 878. The highest BCUT2D eigenvalue weighted by Crippen LogP contribution is 2.21. The number of imidazole rings is 1. The van der Waals surface area contributed by atoms with Crippen molar-refractivity contribution in [1.29, 1.82) is 0 Å². The predicted octanol–water partition coefficient (Wildman–Crippen LogP) is 3.37. The van der Waals surface area contributed by atoms with Crippen molar-refractivity contribution in [3.8, 4) is 0 Å². The van der Waals surface area contributed by atoms with Crippen molar-refractivity contribution in [2.75, 3.05) is 6.54 Å². The lowest BCUT2D eigenvalue weighted by atomic mass is 10.2. The van der Waals surface area contributed by atoms with Gasteiger partial charge in [-0.3, -0.25) is 4.79 Å². The standard InChI is InChI=1S/C19H21N3O2/c1-13-4-2-5-15-19(13)21-17(20-15)7-8-18(23)22-10-3-6-16-14(12-22)9-11-24-16/h2,4-5,9,11H,3,6-8,10,12H2,1H3,(H,20,21). The lowest BCUT2D eigenvalue weighted by Gasteiger charge is -2.20. The molecule has 1 aromatic carbocycles. The molecule has 4 rings (SSSR count). The van der Waals surface area contributed by atoms with Crippen LogP contribution in [0.5, 0.6) is 0 Å². The zero-order chi connectivity index (χ0) is 16.5. The van der Waals surface area contributed by atoms with Crippen LogP contribution in [-0.4, -0.2) is 27.3 Å². The number of carbonyl (C=O) groups is 1. The number of aromatic amines is 1. The van der Waals surface area contributed by atoms with Gasteiger partial charge < -0.3 is 14.3 Å². The van der Waals surface area contributed by atoms with Crippen LogP contribution in [0.4, 0.5) is 0 Å². The number of nitrogens with one attached hydrogen (secondary N) is 1. The first-order valence-corrected chi connectivity index (χ1v) is 8.48. The molecule has 0 atom stereocenters. The molecule has 0 radical (unpaired) electrons. The average Bonchev–Trinajstić information content (AvgIpc) is 3.15. The second-order valence-corrected chi connectivity index (χ2v) is 6.44. The summed E-state index contributed by atoms with van der Waals surface area (Å²) in [6, 6.07) is 8.07. The Labute approximate surface area is 140 Å². The van der Waals surface area contributed by atoms with Crippen LogP contribution in [0.15, 0.2) is 34.9 Å². The molecule has 1 aliphatic rings. The molecule has 1 amide bonds. The number of nitrogens with zero attached hydrogens (tertiary/aromatic N) is 2. The summed E-state index contributed by atoms with van der Waals surface area (Å²) >= 11 is 0. The largest absolute Gasteiger partial charge is 0.469 e. The number of aryl methyl sites for hydroxylation is 3. The molecule has 2 aromatic heterocycles. The Balaban J connectivity index is 1.43. The van der Waals surface area contributed by atoms with E-state index in [1.54, 1.807) is 6.26 Å². The SMILES string of the molecule is Cc1cccc2[nH]c(CCC(=O)N3CCCc4occc4C3)nc12. The van der Waals surface area contributed by atoms with Gasteiger partial charge in [0.05, 0.1) is 17.3 Å². The minimum atomic E-state index is 0.182. The van der Waals surface area contributed by atoms with E-state index in [9.17, 15) is 4.79 Å². The van der Waals surface area contributed by atoms with Crippen LogP contribution >= 0.6 is 0 Å². The molecule has 0 aliphatic carbocycles. The summed E-state index contributed by atoms with van der Waals surface area (Å²) in [5, 5.41) is 0. The number of para-hydroxylation sites is 1. The molecule has 0 bridgehead atoms. The lowest BCUT2D eigenvalue weighted by Crippen LogP contribution is -2.30. The number of H-pyrrole nitrogens is 1. The van der Waals surface area contributed by atoms with Crippen molar-refractivity contribution < 1.29 is 9.21 Å². The van der Waals surface area contributed by atoms with Gasteiger partial charge in [-0.05, 0) is 31.0 Å². The van der Waals surface area contributed by atoms with E-state index in [0.717, 1.165) is 53.1 Å². The smallest absolute Gasteiger partial charge is 0.223 e. The minimum Gasteiger partial charge on any atom is -0.469 e. The third-order valence-electron chi connectivity index (χ3n) is 4.72. The van der Waals surface area contributed by atoms with Gasteiger partial charge in [-0.15, -0.1) is 0 Å². The molecular weight excluding hydrogens is 302 g/mol. The Kier molecular flexibility index (Phi) is 3.84. The van der Waals surface area contributed by atoms with Gasteiger partial charge in [0, 0.05) is 37.9 Å². The molecule has 3 aromatic rings. The van der Waals surface area contributed by atoms with E-state index >= 15 is 0 Å². The maximum absolute atomic E-state index is 12.6. The number of benzene rings is 1. The van der Waals surface area contributed by atoms with Crippen molar-refractivity contribution in [3.63, 3.8) is 0 Å². The molecule has 1 N–H and O–H groups in total. The first kappa shape index (κ1) is 15.0. The number of hydrogen-bond acceptors (Lipinski definition) is 3. The molecule has 5 heteroatoms. The van der Waals surface area contributed by atoms with Gasteiger partial charge in [-0.1, -0.05) is 12.1 Å². The van der Waals surface area contributed by atoms with Gasteiger partial charge in [0.25, 0.3) is 0 Å². The number of fused-ring (bicyclic) bond motifs is 2. The second-order valence-electron chi connectivity index (χ2n) is 6.44. The highest BCUT2D eigenvalue weighted by Gasteiger charge is 2.20. The summed E-state index contributed by atoms with van der Waals surface area (Å²) in [4.78, 5) is 22.5. The van der Waals surface area contributed by atoms with Crippen LogP contribution in [0.3, 0.4) is 0 Å². The van der Waals surface area contributed by atoms with E-state index in [2.05, 4.69) is 23.0 Å². The van der Waals surface area contributed by atoms with Crippen molar-refractivity contribution in [1.82, 2.24) is 14.9 Å². The molecule has 124 valence electrons. The summed E-state index contributed by atoms with van der Waals surface area (Å²) in [7, 11) is 0. The van der Waals surface area contributed by atoms with Crippen molar-refractivity contribution in [3.05, 3.63) is 53.2 Å². The number of rotatable bonds is 3. The Morgan fingerprint density at radius 1 is 1.38 bits per heavy atom. The number of amides is 1. The van der Waals surface area contributed by atoms with E-state index in [-0.39, 0.29) is 5.91 Å². The van der Waals surface area contributed by atoms with Gasteiger partial charge in [-0.25, -0.2) is 4.98 Å². The van der Waals surface area contributed by atoms with Crippen LogP contribution < -0.4 is 0 Å². The third-order valence-corrected chi connectivity index (χ3v) is 4.72. The average molecular weight is 323 g/mol. The molecule has 3 heterocycles. The normalized spacial score (nSPS) is 14.6. The zero-order valence-electron chi connectivity index (χ0n) is 13.8. The highest BCUT2D eigenvalue weighted by atomic mass is 16.3. The fraction of sp³-hybridized carbons (Fsp3) is 0.368. The molecule has 0 saturated heterocycles. The summed E-state index contributed by atoms with van der Waals surface area (Å²) in [5.41, 5.74) is 4.33. The fourth-order valence-corrected chi connectivity index (χ4v) is 3.38. The molecule has 0 unspecified atom stereocenters. The van der Waals surface area contributed by atoms with Gasteiger partial charge in [-0.2, -0.15) is 0 Å². The number of furan rings is 1. The third kappa shape index (κ3) is 2.82. The van der Waals surface area contributed by atoms with E-state index in [0.29, 0.717) is 19.4 Å². The quantitative estimate of drug-likeness (QED) is 0.804. The number of aromatic nitrogens is 2. The van der Waals surface area contributed by atoms with E-state index in [4.69, 9.17) is 4.42 Å². The Morgan fingerprint density at radius 2 is 2.29 bits per heavy atom. The minimum absolute atomic E-state index is 0.182. The summed E-state index contributed by atoms with van der Waals surface area (Å²) in [5.74, 6) is 2.09. The fourth-order valence-electron chi connectivity index (χ4n) is 3.38. The van der Waals surface area contributed by atoms with Crippen LogP contribution in [0.2, 0.25) is 0 Å². The summed E-state index contributed by atoms with van der Waals surface area (Å²) in [6.45, 7) is 3.50. The van der Waals surface area contributed by atoms with Crippen molar-refractivity contribution in [2.45, 2.75) is 39.2 Å². The first-order chi connectivity index (χ1) is 11.7. The van der Waals surface area contributed by atoms with Crippen LogP contribution in [-0.2, 0) is 24.2 Å². The molecule has 5 nitrogen and oxygen atoms in total. The molecule has 0 saturated carbocycles. The number of hydrogen-bond donors (Lipinski definition) is 1. The molecule has 0 spiro atoms. The van der Waals surface area contributed by atoms with Crippen LogP contribution in [0.25, 0.3) is 11.0 Å². The van der Waals surface area contributed by atoms with Crippen LogP contribution in [0.1, 0.15) is 35.6 Å². The van der Waals surface area contributed by atoms with Gasteiger partial charge in [0.15, 0.2) is 0 Å². The Hall–Kier alpha value is -2.56. The van der Waals surface area contributed by atoms with Gasteiger partial charge >= 0.3 is 0 Å². The van der Waals surface area contributed by atoms with Crippen LogP contribution in [0, 0.1) is 6.92 Å². The Morgan fingerprint density at radius 3 is 3.17 bits per heavy atom. The maximum Gasteiger partial charge on any atom is 0.223 e. The molecule has 24 heavy (non-hydrogen) atoms. The van der Waals surface area contributed by atoms with Gasteiger partial charge in [0.2, 0.25) is 5.91 Å². The summed E-state index contributed by atoms with van der Waals surface area (Å²) < 4.78 is 5.49. The lowest BCUT2D eigenvalue weighted by molar-refractivity contribution is -0.131. The van der Waals surface area contributed by atoms with E-state index in [1.165, 1.54) is 0 Å². The predicted molar refractivity (Wildman–Crippen MR) is 91.6 cm³/mol. The van der Waals surface area contributed by atoms with E-state index in [1.807, 2.05) is 23.1 Å². The monoisotopic (exact) mass is 323 g/mol. The first-order valence-electron chi connectivity index (χ1n) is 8.48. The van der Waals surface area contributed by atoms with Crippen molar-refractivity contribution >= 4 is 16.9 Å². The zero-order valence-corrected chi connectivity index (χ0v) is 13.8. The van der Waals surface area contributed by atoms with E-state index < -0.39 is 0 Å². The number of carbonyl (C=O) groups excluding carboxylic acids is 1. The summed E-state index contributed by atoms with van der Waals surface area (Å²) in [6.07, 6.45) is 4.70. The van der Waals surface area contributed by atoms with Crippen molar-refractivity contribution in [2.24, 2.45) is 0 Å². The highest BCUT2D eigenvalue weighted by molar-refractivity contribution is 5.79. The topological polar surface area (TPSA) is 62.1 Å². The van der Waals surface area contributed by atoms with Gasteiger partial charge in [0.1, 0.15) is 11.6 Å².